The van der Waals surface area contributed by atoms with Crippen molar-refractivity contribution in [2.45, 2.75) is 31.6 Å². The predicted octanol–water partition coefficient (Wildman–Crippen LogP) is 3.42. The molecule has 1 heterocycles. The van der Waals surface area contributed by atoms with Crippen LogP contribution >= 0.6 is 11.8 Å². The van der Waals surface area contributed by atoms with Crippen LogP contribution in [0.15, 0.2) is 24.3 Å². The van der Waals surface area contributed by atoms with Gasteiger partial charge in [-0.25, -0.2) is 4.79 Å². The van der Waals surface area contributed by atoms with E-state index in [0.717, 1.165) is 11.3 Å². The molecule has 5 heteroatoms. The molecule has 1 aromatic rings. The number of benzene rings is 1. The Balaban J connectivity index is 2.01. The van der Waals surface area contributed by atoms with Crippen LogP contribution < -0.4 is 0 Å². The maximum absolute atomic E-state index is 12.1. The number of rotatable bonds is 1. The summed E-state index contributed by atoms with van der Waals surface area (Å²) >= 11 is 1.83. The van der Waals surface area contributed by atoms with Gasteiger partial charge in [0.2, 0.25) is 0 Å². The number of aromatic hydroxyl groups is 1. The van der Waals surface area contributed by atoms with E-state index >= 15 is 0 Å². The highest BCUT2D eigenvalue weighted by Gasteiger charge is 2.28. The van der Waals surface area contributed by atoms with Crippen molar-refractivity contribution in [2.75, 3.05) is 18.8 Å². The third-order valence-electron chi connectivity index (χ3n) is 2.98. The van der Waals surface area contributed by atoms with Gasteiger partial charge in [0, 0.05) is 24.1 Å². The number of thioether (sulfide) groups is 1. The summed E-state index contributed by atoms with van der Waals surface area (Å²) < 4.78 is 5.42. The van der Waals surface area contributed by atoms with Gasteiger partial charge in [0.25, 0.3) is 0 Å². The SMILES string of the molecule is CC(C)(C)OC(=O)N1CCSC(c2ccc(O)cc2)C1. The molecule has 0 radical (unpaired) electrons. The van der Waals surface area contributed by atoms with Crippen molar-refractivity contribution in [2.24, 2.45) is 0 Å². The molecule has 1 amide bonds. The van der Waals surface area contributed by atoms with Gasteiger partial charge in [0.05, 0.1) is 0 Å². The molecule has 2 rings (SSSR count). The van der Waals surface area contributed by atoms with Gasteiger partial charge in [-0.1, -0.05) is 12.1 Å². The Labute approximate surface area is 124 Å². The van der Waals surface area contributed by atoms with Crippen molar-refractivity contribution in [3.63, 3.8) is 0 Å². The van der Waals surface area contributed by atoms with Crippen molar-refractivity contribution in [1.29, 1.82) is 0 Å². The Bertz CT molecular complexity index is 467. The second kappa shape index (κ2) is 5.95. The number of hydrogen-bond donors (Lipinski definition) is 1. The van der Waals surface area contributed by atoms with E-state index in [1.165, 1.54) is 0 Å². The normalized spacial score (nSPS) is 19.8. The number of carbonyl (C=O) groups is 1. The van der Waals surface area contributed by atoms with E-state index < -0.39 is 5.60 Å². The molecule has 0 bridgehead atoms. The molecule has 0 aliphatic carbocycles. The highest BCUT2D eigenvalue weighted by Crippen LogP contribution is 2.34. The Hall–Kier alpha value is -1.36. The summed E-state index contributed by atoms with van der Waals surface area (Å²) in [5, 5.41) is 9.56. The Kier molecular flexibility index (Phi) is 4.48. The lowest BCUT2D eigenvalue weighted by molar-refractivity contribution is 0.0257. The summed E-state index contributed by atoms with van der Waals surface area (Å²) in [6.07, 6.45) is -0.249. The largest absolute Gasteiger partial charge is 0.508 e. The summed E-state index contributed by atoms with van der Waals surface area (Å²) in [6.45, 7) is 6.99. The number of ether oxygens (including phenoxy) is 1. The van der Waals surface area contributed by atoms with Gasteiger partial charge in [-0.05, 0) is 38.5 Å². The van der Waals surface area contributed by atoms with E-state index in [0.29, 0.717) is 13.1 Å². The van der Waals surface area contributed by atoms with Crippen molar-refractivity contribution >= 4 is 17.9 Å². The van der Waals surface area contributed by atoms with Gasteiger partial charge in [0.15, 0.2) is 0 Å². The van der Waals surface area contributed by atoms with Gasteiger partial charge in [0.1, 0.15) is 11.4 Å². The number of amides is 1. The Morgan fingerprint density at radius 1 is 1.35 bits per heavy atom. The summed E-state index contributed by atoms with van der Waals surface area (Å²) in [5.74, 6) is 1.16. The van der Waals surface area contributed by atoms with Crippen LogP contribution in [0.1, 0.15) is 31.6 Å². The highest BCUT2D eigenvalue weighted by molar-refractivity contribution is 7.99. The molecule has 1 aliphatic heterocycles. The molecular weight excluding hydrogens is 274 g/mol. The smallest absolute Gasteiger partial charge is 0.410 e. The molecule has 1 saturated heterocycles. The summed E-state index contributed by atoms with van der Waals surface area (Å²) in [5.41, 5.74) is 0.663. The average Bonchev–Trinajstić information content (AvgIpc) is 2.38. The molecular formula is C15H21NO3S. The molecule has 0 aromatic heterocycles. The molecule has 1 atom stereocenters. The molecule has 20 heavy (non-hydrogen) atoms. The van der Waals surface area contributed by atoms with Crippen LogP contribution in [0.4, 0.5) is 4.79 Å². The Morgan fingerprint density at radius 3 is 2.60 bits per heavy atom. The summed E-state index contributed by atoms with van der Waals surface area (Å²) in [7, 11) is 0. The van der Waals surface area contributed by atoms with E-state index in [1.54, 1.807) is 17.0 Å². The molecule has 0 saturated carbocycles. The first-order valence-corrected chi connectivity index (χ1v) is 7.78. The molecule has 1 aromatic carbocycles. The zero-order valence-electron chi connectivity index (χ0n) is 12.1. The zero-order chi connectivity index (χ0) is 14.8. The predicted molar refractivity (Wildman–Crippen MR) is 81.1 cm³/mol. The first kappa shape index (κ1) is 15.0. The van der Waals surface area contributed by atoms with Crippen LogP contribution in [0.3, 0.4) is 0 Å². The summed E-state index contributed by atoms with van der Waals surface area (Å²) in [4.78, 5) is 13.9. The molecule has 0 spiro atoms. The van der Waals surface area contributed by atoms with E-state index in [1.807, 2.05) is 44.7 Å². The lowest BCUT2D eigenvalue weighted by Crippen LogP contribution is -2.42. The zero-order valence-corrected chi connectivity index (χ0v) is 12.9. The maximum Gasteiger partial charge on any atom is 0.410 e. The minimum atomic E-state index is -0.463. The van der Waals surface area contributed by atoms with E-state index in [4.69, 9.17) is 4.74 Å². The summed E-state index contributed by atoms with van der Waals surface area (Å²) in [6, 6.07) is 7.18. The van der Waals surface area contributed by atoms with Crippen LogP contribution in [0, 0.1) is 0 Å². The second-order valence-corrected chi connectivity index (χ2v) is 7.19. The van der Waals surface area contributed by atoms with Crippen molar-refractivity contribution in [1.82, 2.24) is 4.90 Å². The first-order valence-electron chi connectivity index (χ1n) is 6.73. The van der Waals surface area contributed by atoms with Gasteiger partial charge in [-0.15, -0.1) is 0 Å². The topological polar surface area (TPSA) is 49.8 Å². The lowest BCUT2D eigenvalue weighted by atomic mass is 10.1. The number of nitrogens with zero attached hydrogens (tertiary/aromatic N) is 1. The van der Waals surface area contributed by atoms with Crippen LogP contribution in [0.25, 0.3) is 0 Å². The van der Waals surface area contributed by atoms with Crippen LogP contribution in [0.5, 0.6) is 5.75 Å². The number of hydrogen-bond acceptors (Lipinski definition) is 4. The average molecular weight is 295 g/mol. The van der Waals surface area contributed by atoms with Crippen LogP contribution in [-0.2, 0) is 4.74 Å². The molecule has 4 nitrogen and oxygen atoms in total. The van der Waals surface area contributed by atoms with Crippen molar-refractivity contribution in [3.05, 3.63) is 29.8 Å². The number of carbonyl (C=O) groups excluding carboxylic acids is 1. The molecule has 1 aliphatic rings. The fourth-order valence-corrected chi connectivity index (χ4v) is 3.28. The van der Waals surface area contributed by atoms with Gasteiger partial charge >= 0.3 is 6.09 Å². The van der Waals surface area contributed by atoms with E-state index in [-0.39, 0.29) is 17.1 Å². The molecule has 1 unspecified atom stereocenters. The third kappa shape index (κ3) is 4.07. The number of phenols is 1. The minimum absolute atomic E-state index is 0.233. The van der Waals surface area contributed by atoms with Gasteiger partial charge in [-0.2, -0.15) is 11.8 Å². The lowest BCUT2D eigenvalue weighted by Gasteiger charge is -2.34. The van der Waals surface area contributed by atoms with E-state index in [9.17, 15) is 9.90 Å². The first-order chi connectivity index (χ1) is 9.35. The van der Waals surface area contributed by atoms with Gasteiger partial charge in [-0.3, -0.25) is 0 Å². The van der Waals surface area contributed by atoms with Crippen LogP contribution in [-0.4, -0.2) is 40.5 Å². The fraction of sp³-hybridized carbons (Fsp3) is 0.533. The standard InChI is InChI=1S/C15H21NO3S/c1-15(2,3)19-14(18)16-8-9-20-13(10-16)11-4-6-12(17)7-5-11/h4-7,13,17H,8-10H2,1-3H3. The van der Waals surface area contributed by atoms with Crippen molar-refractivity contribution in [3.8, 4) is 5.75 Å². The quantitative estimate of drug-likeness (QED) is 0.862. The monoisotopic (exact) mass is 295 g/mol. The second-order valence-electron chi connectivity index (χ2n) is 5.88. The third-order valence-corrected chi connectivity index (χ3v) is 4.22. The van der Waals surface area contributed by atoms with E-state index in [2.05, 4.69) is 0 Å². The highest BCUT2D eigenvalue weighted by atomic mass is 32.2. The number of phenolic OH excluding ortho intramolecular Hbond substituents is 1. The minimum Gasteiger partial charge on any atom is -0.508 e. The van der Waals surface area contributed by atoms with Crippen LogP contribution in [0.2, 0.25) is 0 Å². The Morgan fingerprint density at radius 2 is 2.00 bits per heavy atom. The maximum atomic E-state index is 12.1. The molecule has 1 fully saturated rings. The molecule has 1 N–H and O–H groups in total. The molecule has 110 valence electrons. The van der Waals surface area contributed by atoms with Crippen molar-refractivity contribution < 1.29 is 14.6 Å². The van der Waals surface area contributed by atoms with Gasteiger partial charge < -0.3 is 14.7 Å². The fourth-order valence-electron chi connectivity index (χ4n) is 2.03.